The van der Waals surface area contributed by atoms with Crippen molar-refractivity contribution in [2.24, 2.45) is 0 Å². The van der Waals surface area contributed by atoms with Gasteiger partial charge in [-0.25, -0.2) is 0 Å². The number of hydrogen-bond donors (Lipinski definition) is 1. The summed E-state index contributed by atoms with van der Waals surface area (Å²) in [5.74, 6) is 0. The molecule has 0 bridgehead atoms. The predicted octanol–water partition coefficient (Wildman–Crippen LogP) is 2.58. The number of nitrogens with one attached hydrogen (secondary N) is 1. The first-order chi connectivity index (χ1) is 10.3. The Kier molecular flexibility index (Phi) is 3.20. The van der Waals surface area contributed by atoms with Crippen LogP contribution in [-0.2, 0) is 12.8 Å². The van der Waals surface area contributed by atoms with Gasteiger partial charge in [0.2, 0.25) is 0 Å². The van der Waals surface area contributed by atoms with E-state index in [0.29, 0.717) is 6.04 Å². The van der Waals surface area contributed by atoms with Crippen molar-refractivity contribution < 1.29 is 0 Å². The molecule has 0 aliphatic carbocycles. The van der Waals surface area contributed by atoms with Gasteiger partial charge in [0.15, 0.2) is 0 Å². The highest BCUT2D eigenvalue weighted by atomic mass is 32.1. The van der Waals surface area contributed by atoms with Crippen molar-refractivity contribution in [3.63, 3.8) is 0 Å². The summed E-state index contributed by atoms with van der Waals surface area (Å²) in [6, 6.07) is 6.82. The second-order valence-corrected chi connectivity index (χ2v) is 6.11. The molecule has 3 aromatic rings. The standard InChI is InChI=1S/C15H17N5S/c1-10(11-2-3-14-15(8-11)19-21-18-14)20-6-4-12-9-16-17-13(12)5-7-20/h2-3,8-10H,4-7H2,1H3,(H,16,17). The maximum absolute atomic E-state index is 4.35. The molecule has 6 heteroatoms. The third kappa shape index (κ3) is 2.34. The number of H-pyrrole nitrogens is 1. The Morgan fingerprint density at radius 3 is 3.00 bits per heavy atom. The maximum Gasteiger partial charge on any atom is 0.105 e. The van der Waals surface area contributed by atoms with E-state index in [0.717, 1.165) is 37.0 Å². The summed E-state index contributed by atoms with van der Waals surface area (Å²) in [6.45, 7) is 4.39. The van der Waals surface area contributed by atoms with E-state index >= 15 is 0 Å². The van der Waals surface area contributed by atoms with Gasteiger partial charge in [-0.05, 0) is 36.6 Å². The lowest BCUT2D eigenvalue weighted by Gasteiger charge is -2.27. The molecule has 3 heterocycles. The van der Waals surface area contributed by atoms with Gasteiger partial charge >= 0.3 is 0 Å². The van der Waals surface area contributed by atoms with Crippen LogP contribution in [0.25, 0.3) is 11.0 Å². The largest absolute Gasteiger partial charge is 0.296 e. The average molecular weight is 299 g/mol. The fraction of sp³-hybridized carbons (Fsp3) is 0.400. The van der Waals surface area contributed by atoms with E-state index in [1.54, 1.807) is 0 Å². The van der Waals surface area contributed by atoms with Gasteiger partial charge in [-0.1, -0.05) is 6.07 Å². The van der Waals surface area contributed by atoms with Gasteiger partial charge in [0, 0.05) is 31.7 Å². The molecule has 1 unspecified atom stereocenters. The van der Waals surface area contributed by atoms with Crippen LogP contribution in [0, 0.1) is 0 Å². The molecule has 0 saturated carbocycles. The lowest BCUT2D eigenvalue weighted by Crippen LogP contribution is -2.29. The van der Waals surface area contributed by atoms with Crippen LogP contribution in [0.2, 0.25) is 0 Å². The zero-order chi connectivity index (χ0) is 14.2. The number of aromatic amines is 1. The van der Waals surface area contributed by atoms with Crippen molar-refractivity contribution in [3.05, 3.63) is 41.2 Å². The van der Waals surface area contributed by atoms with Crippen molar-refractivity contribution >= 4 is 22.8 Å². The molecule has 0 amide bonds. The van der Waals surface area contributed by atoms with Crippen LogP contribution in [0.4, 0.5) is 0 Å². The summed E-state index contributed by atoms with van der Waals surface area (Å²) in [6.07, 6.45) is 4.12. The highest BCUT2D eigenvalue weighted by molar-refractivity contribution is 7.00. The van der Waals surface area contributed by atoms with Crippen LogP contribution in [0.5, 0.6) is 0 Å². The Hall–Kier alpha value is -1.79. The molecule has 0 radical (unpaired) electrons. The number of benzene rings is 1. The molecule has 1 aliphatic heterocycles. The van der Waals surface area contributed by atoms with Crippen molar-refractivity contribution in [3.8, 4) is 0 Å². The lowest BCUT2D eigenvalue weighted by molar-refractivity contribution is 0.220. The Balaban J connectivity index is 1.56. The summed E-state index contributed by atoms with van der Waals surface area (Å²) >= 11 is 1.28. The van der Waals surface area contributed by atoms with E-state index < -0.39 is 0 Å². The topological polar surface area (TPSA) is 57.7 Å². The van der Waals surface area contributed by atoms with Crippen LogP contribution >= 0.6 is 11.7 Å². The SMILES string of the molecule is CC(c1ccc2nsnc2c1)N1CCc2c[nH]nc2CC1. The number of nitrogens with zero attached hydrogens (tertiary/aromatic N) is 4. The van der Waals surface area contributed by atoms with Crippen molar-refractivity contribution in [2.45, 2.75) is 25.8 Å². The Morgan fingerprint density at radius 1 is 1.19 bits per heavy atom. The van der Waals surface area contributed by atoms with E-state index in [1.165, 1.54) is 28.5 Å². The molecule has 108 valence electrons. The van der Waals surface area contributed by atoms with Crippen LogP contribution in [-0.4, -0.2) is 36.9 Å². The summed E-state index contributed by atoms with van der Waals surface area (Å²) in [7, 11) is 0. The van der Waals surface area contributed by atoms with Crippen molar-refractivity contribution in [1.29, 1.82) is 0 Å². The summed E-state index contributed by atoms with van der Waals surface area (Å²) in [4.78, 5) is 2.53. The van der Waals surface area contributed by atoms with Gasteiger partial charge in [-0.15, -0.1) is 0 Å². The minimum atomic E-state index is 0.393. The Morgan fingerprint density at radius 2 is 2.05 bits per heavy atom. The number of rotatable bonds is 2. The van der Waals surface area contributed by atoms with Gasteiger partial charge in [-0.2, -0.15) is 13.8 Å². The van der Waals surface area contributed by atoms with Crippen molar-refractivity contribution in [2.75, 3.05) is 13.1 Å². The molecule has 0 fully saturated rings. The smallest absolute Gasteiger partial charge is 0.105 e. The number of fused-ring (bicyclic) bond motifs is 2. The Labute approximate surface area is 127 Å². The maximum atomic E-state index is 4.35. The molecule has 5 nitrogen and oxygen atoms in total. The molecule has 1 atom stereocenters. The quantitative estimate of drug-likeness (QED) is 0.790. The number of aromatic nitrogens is 4. The second-order valence-electron chi connectivity index (χ2n) is 5.58. The van der Waals surface area contributed by atoms with Gasteiger partial charge in [0.1, 0.15) is 11.0 Å². The average Bonchev–Trinajstić information content (AvgIpc) is 3.11. The second kappa shape index (κ2) is 5.20. The number of hydrogen-bond acceptors (Lipinski definition) is 5. The molecule has 1 aromatic carbocycles. The van der Waals surface area contributed by atoms with Crippen LogP contribution < -0.4 is 0 Å². The first-order valence-corrected chi connectivity index (χ1v) is 8.02. The van der Waals surface area contributed by atoms with Gasteiger partial charge in [0.25, 0.3) is 0 Å². The molecule has 1 aliphatic rings. The predicted molar refractivity (Wildman–Crippen MR) is 83.4 cm³/mol. The summed E-state index contributed by atoms with van der Waals surface area (Å²) in [5, 5.41) is 7.33. The van der Waals surface area contributed by atoms with Gasteiger partial charge in [0.05, 0.1) is 17.4 Å². The van der Waals surface area contributed by atoms with E-state index in [-0.39, 0.29) is 0 Å². The van der Waals surface area contributed by atoms with Crippen molar-refractivity contribution in [1.82, 2.24) is 23.8 Å². The van der Waals surface area contributed by atoms with E-state index in [1.807, 2.05) is 6.20 Å². The highest BCUT2D eigenvalue weighted by Crippen LogP contribution is 2.26. The zero-order valence-corrected chi connectivity index (χ0v) is 12.7. The van der Waals surface area contributed by atoms with Crippen LogP contribution in [0.3, 0.4) is 0 Å². The normalized spacial score (nSPS) is 17.6. The van der Waals surface area contributed by atoms with Crippen LogP contribution in [0.15, 0.2) is 24.4 Å². The first-order valence-electron chi connectivity index (χ1n) is 7.29. The fourth-order valence-electron chi connectivity index (χ4n) is 3.06. The van der Waals surface area contributed by atoms with E-state index in [4.69, 9.17) is 0 Å². The van der Waals surface area contributed by atoms with Gasteiger partial charge < -0.3 is 0 Å². The molecular formula is C15H17N5S. The van der Waals surface area contributed by atoms with E-state index in [2.05, 4.69) is 49.0 Å². The minimum Gasteiger partial charge on any atom is -0.296 e. The molecule has 21 heavy (non-hydrogen) atoms. The molecule has 0 spiro atoms. The molecule has 4 rings (SSSR count). The van der Waals surface area contributed by atoms with Crippen LogP contribution in [0.1, 0.15) is 29.8 Å². The zero-order valence-electron chi connectivity index (χ0n) is 11.9. The minimum absolute atomic E-state index is 0.393. The molecule has 1 N–H and O–H groups in total. The third-order valence-electron chi connectivity index (χ3n) is 4.42. The lowest BCUT2D eigenvalue weighted by atomic mass is 10.1. The summed E-state index contributed by atoms with van der Waals surface area (Å²) in [5.41, 5.74) is 5.91. The monoisotopic (exact) mass is 299 g/mol. The fourth-order valence-corrected chi connectivity index (χ4v) is 3.58. The molecule has 2 aromatic heterocycles. The summed E-state index contributed by atoms with van der Waals surface area (Å²) < 4.78 is 8.62. The highest BCUT2D eigenvalue weighted by Gasteiger charge is 2.21. The first kappa shape index (κ1) is 12.9. The van der Waals surface area contributed by atoms with E-state index in [9.17, 15) is 0 Å². The molecular weight excluding hydrogens is 282 g/mol. The molecule has 0 saturated heterocycles. The van der Waals surface area contributed by atoms with Gasteiger partial charge in [-0.3, -0.25) is 10.00 Å². The Bertz CT molecular complexity index is 740. The third-order valence-corrected chi connectivity index (χ3v) is 4.98.